The van der Waals surface area contributed by atoms with E-state index in [9.17, 15) is 9.59 Å². The van der Waals surface area contributed by atoms with E-state index in [1.54, 1.807) is 16.8 Å². The van der Waals surface area contributed by atoms with Crippen LogP contribution < -0.4 is 10.6 Å². The SMILES string of the molecule is CC(C)CNC(=O)CCC(=O)Nc1cc(C(C)(C)C)nn1-c1cccc(Cl)c1. The van der Waals surface area contributed by atoms with Gasteiger partial charge in [-0.1, -0.05) is 52.3 Å². The van der Waals surface area contributed by atoms with Gasteiger partial charge in [0, 0.05) is 35.9 Å². The van der Waals surface area contributed by atoms with Crippen molar-refractivity contribution in [3.63, 3.8) is 0 Å². The maximum absolute atomic E-state index is 12.4. The smallest absolute Gasteiger partial charge is 0.226 e. The minimum atomic E-state index is -0.233. The van der Waals surface area contributed by atoms with Crippen molar-refractivity contribution in [2.45, 2.75) is 52.9 Å². The number of nitrogens with one attached hydrogen (secondary N) is 2. The van der Waals surface area contributed by atoms with Crippen LogP contribution in [0.2, 0.25) is 5.02 Å². The lowest BCUT2D eigenvalue weighted by molar-refractivity contribution is -0.124. The van der Waals surface area contributed by atoms with E-state index < -0.39 is 0 Å². The van der Waals surface area contributed by atoms with E-state index in [1.165, 1.54) is 0 Å². The zero-order valence-electron chi connectivity index (χ0n) is 17.2. The van der Waals surface area contributed by atoms with Crippen molar-refractivity contribution in [2.75, 3.05) is 11.9 Å². The average Bonchev–Trinajstić information content (AvgIpc) is 3.02. The average molecular weight is 405 g/mol. The maximum atomic E-state index is 12.4. The summed E-state index contributed by atoms with van der Waals surface area (Å²) in [7, 11) is 0. The number of hydrogen-bond donors (Lipinski definition) is 2. The molecule has 1 aromatic carbocycles. The Morgan fingerprint density at radius 1 is 1.14 bits per heavy atom. The van der Waals surface area contributed by atoms with Crippen LogP contribution in [-0.2, 0) is 15.0 Å². The molecule has 1 aromatic heterocycles. The van der Waals surface area contributed by atoms with Crippen molar-refractivity contribution in [3.8, 4) is 5.69 Å². The van der Waals surface area contributed by atoms with Gasteiger partial charge < -0.3 is 10.6 Å². The lowest BCUT2D eigenvalue weighted by Crippen LogP contribution is -2.28. The minimum Gasteiger partial charge on any atom is -0.356 e. The molecule has 6 nitrogen and oxygen atoms in total. The Morgan fingerprint density at radius 2 is 1.82 bits per heavy atom. The molecule has 0 bridgehead atoms. The Hall–Kier alpha value is -2.34. The van der Waals surface area contributed by atoms with Gasteiger partial charge in [0.1, 0.15) is 5.82 Å². The third kappa shape index (κ3) is 6.37. The highest BCUT2D eigenvalue weighted by Gasteiger charge is 2.21. The normalized spacial score (nSPS) is 11.5. The zero-order valence-corrected chi connectivity index (χ0v) is 17.9. The number of hydrogen-bond acceptors (Lipinski definition) is 3. The van der Waals surface area contributed by atoms with E-state index in [1.807, 2.05) is 32.0 Å². The molecule has 0 fully saturated rings. The Balaban J connectivity index is 2.14. The van der Waals surface area contributed by atoms with Crippen LogP contribution in [0.15, 0.2) is 30.3 Å². The second kappa shape index (κ2) is 9.24. The van der Waals surface area contributed by atoms with E-state index in [-0.39, 0.29) is 30.1 Å². The van der Waals surface area contributed by atoms with Gasteiger partial charge in [-0.25, -0.2) is 4.68 Å². The van der Waals surface area contributed by atoms with Gasteiger partial charge >= 0.3 is 0 Å². The van der Waals surface area contributed by atoms with Crippen LogP contribution in [0.1, 0.15) is 53.2 Å². The Bertz CT molecular complexity index is 837. The molecular formula is C21H29ClN4O2. The fraction of sp³-hybridized carbons (Fsp3) is 0.476. The number of benzene rings is 1. The summed E-state index contributed by atoms with van der Waals surface area (Å²) in [6, 6.07) is 9.14. The molecule has 0 saturated heterocycles. The standard InChI is InChI=1S/C21H29ClN4O2/c1-14(2)13-23-19(27)9-10-20(28)24-18-12-17(21(3,4)5)25-26(18)16-8-6-7-15(22)11-16/h6-8,11-12,14H,9-10,13H2,1-5H3,(H,23,27)(H,24,28). The van der Waals surface area contributed by atoms with E-state index in [2.05, 4.69) is 36.5 Å². The monoisotopic (exact) mass is 404 g/mol. The number of rotatable bonds is 7. The summed E-state index contributed by atoms with van der Waals surface area (Å²) in [5, 5.41) is 10.9. The minimum absolute atomic E-state index is 0.107. The first-order chi connectivity index (χ1) is 13.1. The van der Waals surface area contributed by atoms with E-state index in [4.69, 9.17) is 11.6 Å². The lowest BCUT2D eigenvalue weighted by atomic mass is 9.92. The number of aromatic nitrogens is 2. The molecule has 28 heavy (non-hydrogen) atoms. The fourth-order valence-corrected chi connectivity index (χ4v) is 2.66. The second-order valence-electron chi connectivity index (χ2n) is 8.30. The Morgan fingerprint density at radius 3 is 2.43 bits per heavy atom. The Labute approximate surface area is 171 Å². The van der Waals surface area contributed by atoms with Crippen LogP contribution in [0.25, 0.3) is 5.69 Å². The molecule has 0 radical (unpaired) electrons. The third-order valence-corrected chi connectivity index (χ3v) is 4.32. The highest BCUT2D eigenvalue weighted by Crippen LogP contribution is 2.27. The van der Waals surface area contributed by atoms with Crippen LogP contribution in [0, 0.1) is 5.92 Å². The molecule has 1 heterocycles. The quantitative estimate of drug-likeness (QED) is 0.721. The largest absolute Gasteiger partial charge is 0.356 e. The molecule has 0 atom stereocenters. The van der Waals surface area contributed by atoms with Gasteiger partial charge in [-0.2, -0.15) is 5.10 Å². The van der Waals surface area contributed by atoms with Gasteiger partial charge in [-0.3, -0.25) is 9.59 Å². The molecular weight excluding hydrogens is 376 g/mol. The molecule has 2 amide bonds. The molecule has 0 spiro atoms. The summed E-state index contributed by atoms with van der Waals surface area (Å²) >= 11 is 6.11. The van der Waals surface area contributed by atoms with Crippen molar-refractivity contribution >= 4 is 29.2 Å². The topological polar surface area (TPSA) is 76.0 Å². The molecule has 0 aliphatic carbocycles. The predicted octanol–water partition coefficient (Wildman–Crippen LogP) is 4.31. The van der Waals surface area contributed by atoms with Crippen molar-refractivity contribution < 1.29 is 9.59 Å². The number of carbonyl (C=O) groups excluding carboxylic acids is 2. The molecule has 152 valence electrons. The van der Waals surface area contributed by atoms with Crippen LogP contribution in [0.5, 0.6) is 0 Å². The van der Waals surface area contributed by atoms with Crippen LogP contribution in [-0.4, -0.2) is 28.1 Å². The summed E-state index contributed by atoms with van der Waals surface area (Å²) < 4.78 is 1.67. The molecule has 2 N–H and O–H groups in total. The van der Waals surface area contributed by atoms with Crippen molar-refractivity contribution in [1.29, 1.82) is 0 Å². The highest BCUT2D eigenvalue weighted by molar-refractivity contribution is 6.30. The lowest BCUT2D eigenvalue weighted by Gasteiger charge is -2.14. The molecule has 0 unspecified atom stereocenters. The zero-order chi connectivity index (χ0) is 20.9. The molecule has 0 saturated carbocycles. The maximum Gasteiger partial charge on any atom is 0.226 e. The first-order valence-corrected chi connectivity index (χ1v) is 9.87. The van der Waals surface area contributed by atoms with Gasteiger partial charge in [0.05, 0.1) is 11.4 Å². The summed E-state index contributed by atoms with van der Waals surface area (Å²) in [6.07, 6.45) is 0.255. The predicted molar refractivity (Wildman–Crippen MR) is 113 cm³/mol. The summed E-state index contributed by atoms with van der Waals surface area (Å²) in [5.41, 5.74) is 1.42. The van der Waals surface area contributed by atoms with E-state index in [0.29, 0.717) is 23.3 Å². The molecule has 0 aliphatic rings. The second-order valence-corrected chi connectivity index (χ2v) is 8.74. The number of nitrogens with zero attached hydrogens (tertiary/aromatic N) is 2. The van der Waals surface area contributed by atoms with Gasteiger partial charge in [0.2, 0.25) is 11.8 Å². The molecule has 0 aliphatic heterocycles. The first-order valence-electron chi connectivity index (χ1n) is 9.49. The molecule has 2 rings (SSSR count). The van der Waals surface area contributed by atoms with Gasteiger partial charge in [-0.05, 0) is 24.1 Å². The van der Waals surface area contributed by atoms with Gasteiger partial charge in [0.25, 0.3) is 0 Å². The van der Waals surface area contributed by atoms with E-state index in [0.717, 1.165) is 11.4 Å². The van der Waals surface area contributed by atoms with Gasteiger partial charge in [0.15, 0.2) is 0 Å². The van der Waals surface area contributed by atoms with E-state index >= 15 is 0 Å². The highest BCUT2D eigenvalue weighted by atomic mass is 35.5. The number of anilines is 1. The molecule has 7 heteroatoms. The summed E-state index contributed by atoms with van der Waals surface area (Å²) in [5.74, 6) is 0.575. The van der Waals surface area contributed by atoms with Crippen molar-refractivity contribution in [1.82, 2.24) is 15.1 Å². The van der Waals surface area contributed by atoms with Crippen LogP contribution >= 0.6 is 11.6 Å². The number of amides is 2. The third-order valence-electron chi connectivity index (χ3n) is 4.08. The van der Waals surface area contributed by atoms with Gasteiger partial charge in [-0.15, -0.1) is 0 Å². The first kappa shape index (κ1) is 22.0. The number of carbonyl (C=O) groups is 2. The summed E-state index contributed by atoms with van der Waals surface area (Å²) in [6.45, 7) is 10.8. The summed E-state index contributed by atoms with van der Waals surface area (Å²) in [4.78, 5) is 24.2. The van der Waals surface area contributed by atoms with Crippen molar-refractivity contribution in [3.05, 3.63) is 41.0 Å². The Kier molecular flexibility index (Phi) is 7.24. The van der Waals surface area contributed by atoms with Crippen LogP contribution in [0.3, 0.4) is 0 Å². The number of halogens is 1. The molecule has 2 aromatic rings. The van der Waals surface area contributed by atoms with Crippen molar-refractivity contribution in [2.24, 2.45) is 5.92 Å². The fourth-order valence-electron chi connectivity index (χ4n) is 2.48. The van der Waals surface area contributed by atoms with Crippen LogP contribution in [0.4, 0.5) is 5.82 Å².